The van der Waals surface area contributed by atoms with E-state index in [0.29, 0.717) is 11.4 Å². The van der Waals surface area contributed by atoms with Gasteiger partial charge in [0.2, 0.25) is 5.60 Å². The van der Waals surface area contributed by atoms with Crippen LogP contribution in [0.25, 0.3) is 10.8 Å². The fourth-order valence-electron chi connectivity index (χ4n) is 2.60. The second kappa shape index (κ2) is 4.84. The predicted molar refractivity (Wildman–Crippen MR) is 79.2 cm³/mol. The molecule has 0 saturated carbocycles. The molecule has 0 radical (unpaired) electrons. The Morgan fingerprint density at radius 2 is 2.10 bits per heavy atom. The van der Waals surface area contributed by atoms with Gasteiger partial charge in [-0.05, 0) is 11.5 Å². The van der Waals surface area contributed by atoms with Crippen molar-refractivity contribution in [1.29, 1.82) is 0 Å². The average Bonchev–Trinajstić information content (AvgIpc) is 2.93. The van der Waals surface area contributed by atoms with Gasteiger partial charge in [0.25, 0.3) is 0 Å². The summed E-state index contributed by atoms with van der Waals surface area (Å²) < 4.78 is 0. The molecule has 5 nitrogen and oxygen atoms in total. The zero-order chi connectivity index (χ0) is 15.0. The number of aliphatic carboxylic acids is 1. The number of rotatable bonds is 3. The molecule has 0 amide bonds. The van der Waals surface area contributed by atoms with Crippen LogP contribution in [0.2, 0.25) is 0 Å². The van der Waals surface area contributed by atoms with Gasteiger partial charge >= 0.3 is 5.97 Å². The quantitative estimate of drug-likeness (QED) is 0.940. The van der Waals surface area contributed by atoms with Crippen molar-refractivity contribution in [3.05, 3.63) is 42.2 Å². The van der Waals surface area contributed by atoms with Crippen LogP contribution in [0.15, 0.2) is 41.7 Å². The fraction of sp³-hybridized carbons (Fsp3) is 0.312. The third-order valence-electron chi connectivity index (χ3n) is 3.99. The van der Waals surface area contributed by atoms with Crippen LogP contribution >= 0.6 is 0 Å². The molecule has 0 unspecified atom stereocenters. The summed E-state index contributed by atoms with van der Waals surface area (Å²) >= 11 is 0. The summed E-state index contributed by atoms with van der Waals surface area (Å²) in [5.41, 5.74) is -0.0201. The molecule has 3 rings (SSSR count). The highest BCUT2D eigenvalue weighted by Crippen LogP contribution is 2.34. The van der Waals surface area contributed by atoms with Crippen LogP contribution in [0.3, 0.4) is 0 Å². The molecule has 1 N–H and O–H groups in total. The van der Waals surface area contributed by atoms with Gasteiger partial charge in [-0.2, -0.15) is 0 Å². The number of aromatic nitrogens is 1. The van der Waals surface area contributed by atoms with Crippen molar-refractivity contribution in [3.63, 3.8) is 0 Å². The van der Waals surface area contributed by atoms with Gasteiger partial charge in [0.05, 0.1) is 5.69 Å². The highest BCUT2D eigenvalue weighted by Gasteiger charge is 2.50. The molecule has 2 aromatic rings. The lowest BCUT2D eigenvalue weighted by Gasteiger charge is -2.25. The Labute approximate surface area is 122 Å². The summed E-state index contributed by atoms with van der Waals surface area (Å²) in [4.78, 5) is 21.3. The number of nitrogens with zero attached hydrogens (tertiary/aromatic N) is 2. The van der Waals surface area contributed by atoms with E-state index in [1.807, 2.05) is 44.2 Å². The van der Waals surface area contributed by atoms with Crippen LogP contribution in [0.4, 0.5) is 0 Å². The summed E-state index contributed by atoms with van der Waals surface area (Å²) in [6, 6.07) is 9.74. The maximum atomic E-state index is 11.6. The highest BCUT2D eigenvalue weighted by molar-refractivity contribution is 6.11. The summed E-state index contributed by atoms with van der Waals surface area (Å²) in [7, 11) is 0. The molecule has 108 valence electrons. The third-order valence-corrected chi connectivity index (χ3v) is 3.99. The van der Waals surface area contributed by atoms with Gasteiger partial charge in [0.15, 0.2) is 0 Å². The second-order valence-corrected chi connectivity index (χ2v) is 5.54. The van der Waals surface area contributed by atoms with Crippen molar-refractivity contribution in [2.45, 2.75) is 25.9 Å². The Hall–Kier alpha value is -2.43. The van der Waals surface area contributed by atoms with Crippen LogP contribution in [0.1, 0.15) is 26.0 Å². The van der Waals surface area contributed by atoms with E-state index in [0.717, 1.165) is 10.8 Å². The first-order chi connectivity index (χ1) is 10.0. The van der Waals surface area contributed by atoms with Gasteiger partial charge in [-0.1, -0.05) is 43.3 Å². The Balaban J connectivity index is 2.04. The van der Waals surface area contributed by atoms with Crippen LogP contribution in [0.5, 0.6) is 0 Å². The molecule has 0 saturated heterocycles. The molecular formula is C16H16N2O3. The molecule has 1 atom stereocenters. The van der Waals surface area contributed by atoms with Crippen LogP contribution < -0.4 is 0 Å². The topological polar surface area (TPSA) is 71.8 Å². The lowest BCUT2D eigenvalue weighted by atomic mass is 9.85. The number of carboxylic acid groups (broad SMARTS) is 1. The summed E-state index contributed by atoms with van der Waals surface area (Å²) in [5.74, 6) is -1.18. The van der Waals surface area contributed by atoms with Crippen molar-refractivity contribution >= 4 is 22.5 Å². The zero-order valence-corrected chi connectivity index (χ0v) is 11.9. The van der Waals surface area contributed by atoms with E-state index in [1.54, 1.807) is 6.20 Å². The van der Waals surface area contributed by atoms with E-state index in [1.165, 1.54) is 0 Å². The maximum absolute atomic E-state index is 11.6. The van der Waals surface area contributed by atoms with E-state index in [-0.39, 0.29) is 12.3 Å². The minimum absolute atomic E-state index is 0.189. The number of benzene rings is 1. The first-order valence-electron chi connectivity index (χ1n) is 6.87. The van der Waals surface area contributed by atoms with E-state index in [4.69, 9.17) is 4.84 Å². The van der Waals surface area contributed by atoms with Crippen LogP contribution in [-0.4, -0.2) is 27.4 Å². The smallest absolute Gasteiger partial charge is 0.351 e. The van der Waals surface area contributed by atoms with Gasteiger partial charge in [-0.25, -0.2) is 4.79 Å². The van der Waals surface area contributed by atoms with Crippen LogP contribution in [-0.2, 0) is 9.63 Å². The fourth-order valence-corrected chi connectivity index (χ4v) is 2.60. The minimum Gasteiger partial charge on any atom is -0.478 e. The SMILES string of the molecule is CC(C)[C@@]1(C(=O)O)CC(c2nccc3ccccc23)=NO1. The average molecular weight is 284 g/mol. The van der Waals surface area contributed by atoms with E-state index >= 15 is 0 Å². The Morgan fingerprint density at radius 1 is 1.33 bits per heavy atom. The summed E-state index contributed by atoms with van der Waals surface area (Å²) in [5, 5.41) is 15.5. The number of carboxylic acids is 1. The molecule has 1 aromatic heterocycles. The molecule has 0 spiro atoms. The first-order valence-corrected chi connectivity index (χ1v) is 6.87. The number of oxime groups is 1. The van der Waals surface area contributed by atoms with Gasteiger partial charge in [-0.3, -0.25) is 4.98 Å². The molecule has 1 aliphatic rings. The summed E-state index contributed by atoms with van der Waals surface area (Å²) in [6.07, 6.45) is 1.93. The molecule has 21 heavy (non-hydrogen) atoms. The number of carbonyl (C=O) groups is 1. The lowest BCUT2D eigenvalue weighted by molar-refractivity contribution is -0.168. The van der Waals surface area contributed by atoms with Crippen molar-refractivity contribution in [2.24, 2.45) is 11.1 Å². The van der Waals surface area contributed by atoms with Gasteiger partial charge in [0.1, 0.15) is 5.71 Å². The third kappa shape index (κ3) is 2.05. The monoisotopic (exact) mass is 284 g/mol. The predicted octanol–water partition coefficient (Wildman–Crippen LogP) is 2.84. The van der Waals surface area contributed by atoms with Gasteiger partial charge in [-0.15, -0.1) is 0 Å². The van der Waals surface area contributed by atoms with Crippen molar-refractivity contribution in [3.8, 4) is 0 Å². The highest BCUT2D eigenvalue weighted by atomic mass is 16.7. The minimum atomic E-state index is -1.30. The summed E-state index contributed by atoms with van der Waals surface area (Å²) in [6.45, 7) is 3.65. The molecule has 0 bridgehead atoms. The zero-order valence-electron chi connectivity index (χ0n) is 11.9. The molecule has 0 aliphatic carbocycles. The van der Waals surface area contributed by atoms with Crippen molar-refractivity contribution in [1.82, 2.24) is 4.98 Å². The van der Waals surface area contributed by atoms with Gasteiger partial charge < -0.3 is 9.94 Å². The lowest BCUT2D eigenvalue weighted by Crippen LogP contribution is -2.44. The van der Waals surface area contributed by atoms with Crippen LogP contribution in [0, 0.1) is 5.92 Å². The second-order valence-electron chi connectivity index (χ2n) is 5.54. The number of fused-ring (bicyclic) bond motifs is 1. The maximum Gasteiger partial charge on any atom is 0.351 e. The first kappa shape index (κ1) is 13.5. The largest absolute Gasteiger partial charge is 0.478 e. The number of pyridine rings is 1. The molecule has 1 aliphatic heterocycles. The molecule has 5 heteroatoms. The van der Waals surface area contributed by atoms with E-state index in [9.17, 15) is 9.90 Å². The van der Waals surface area contributed by atoms with Crippen molar-refractivity contribution in [2.75, 3.05) is 0 Å². The van der Waals surface area contributed by atoms with E-state index < -0.39 is 11.6 Å². The van der Waals surface area contributed by atoms with Crippen molar-refractivity contribution < 1.29 is 14.7 Å². The van der Waals surface area contributed by atoms with Gasteiger partial charge in [0, 0.05) is 23.9 Å². The Morgan fingerprint density at radius 3 is 2.76 bits per heavy atom. The standard InChI is InChI=1S/C16H16N2O3/c1-10(2)16(15(19)20)9-13(18-21-16)14-12-6-4-3-5-11(12)7-8-17-14/h3-8,10H,9H2,1-2H3,(H,19,20)/t16-/m1/s1. The number of hydrogen-bond acceptors (Lipinski definition) is 4. The Bertz CT molecular complexity index is 734. The number of hydrogen-bond donors (Lipinski definition) is 1. The molecular weight excluding hydrogens is 268 g/mol. The molecule has 0 fully saturated rings. The molecule has 2 heterocycles. The Kier molecular flexibility index (Phi) is 3.12. The normalized spacial score (nSPS) is 21.4. The molecule has 1 aromatic carbocycles. The van der Waals surface area contributed by atoms with E-state index in [2.05, 4.69) is 10.1 Å².